The number of fused-ring (bicyclic) bond motifs is 1. The third kappa shape index (κ3) is 4.63. The Balaban J connectivity index is 2.26. The Bertz CT molecular complexity index is 622. The molecular formula is C18H27N3O3. The van der Waals surface area contributed by atoms with Gasteiger partial charge in [0.15, 0.2) is 0 Å². The largest absolute Gasteiger partial charge is 0.465 e. The number of rotatable bonds is 3. The summed E-state index contributed by atoms with van der Waals surface area (Å²) in [6, 6.07) is 5.51. The molecule has 2 rings (SSSR count). The number of carboxylic acid groups (broad SMARTS) is 1. The number of carbonyl (C=O) groups excluding carboxylic acids is 1. The Labute approximate surface area is 143 Å². The van der Waals surface area contributed by atoms with Crippen molar-refractivity contribution in [3.05, 3.63) is 23.8 Å². The highest BCUT2D eigenvalue weighted by Crippen LogP contribution is 2.29. The fourth-order valence-corrected chi connectivity index (χ4v) is 2.95. The van der Waals surface area contributed by atoms with E-state index in [2.05, 4.69) is 37.9 Å². The molecule has 132 valence electrons. The number of anilines is 2. The zero-order valence-corrected chi connectivity index (χ0v) is 14.9. The standard InChI is InChI=1S/C18H27N3O3/c1-5-20-8-9-21(16(22)11-18(2,3)4)12-13-6-7-14(10-15(13)20)19-17(23)24/h6-7,10,19H,5,8-9,11-12H2,1-4H3,(H,23,24). The van der Waals surface area contributed by atoms with E-state index < -0.39 is 6.09 Å². The third-order valence-corrected chi connectivity index (χ3v) is 4.09. The van der Waals surface area contributed by atoms with Crippen molar-refractivity contribution in [2.24, 2.45) is 5.41 Å². The minimum atomic E-state index is -1.08. The fraction of sp³-hybridized carbons (Fsp3) is 0.556. The van der Waals surface area contributed by atoms with E-state index in [1.807, 2.05) is 17.0 Å². The smallest absolute Gasteiger partial charge is 0.409 e. The van der Waals surface area contributed by atoms with Crippen LogP contribution in [0.15, 0.2) is 18.2 Å². The molecular weight excluding hydrogens is 306 g/mol. The van der Waals surface area contributed by atoms with Crippen LogP contribution in [0, 0.1) is 5.41 Å². The van der Waals surface area contributed by atoms with Crippen LogP contribution >= 0.6 is 0 Å². The van der Waals surface area contributed by atoms with Gasteiger partial charge in [-0.3, -0.25) is 10.1 Å². The highest BCUT2D eigenvalue weighted by Gasteiger charge is 2.25. The summed E-state index contributed by atoms with van der Waals surface area (Å²) in [7, 11) is 0. The van der Waals surface area contributed by atoms with E-state index in [0.717, 1.165) is 24.3 Å². The number of hydrogen-bond donors (Lipinski definition) is 2. The molecule has 2 amide bonds. The predicted molar refractivity (Wildman–Crippen MR) is 95.5 cm³/mol. The van der Waals surface area contributed by atoms with Gasteiger partial charge in [-0.15, -0.1) is 0 Å². The molecule has 0 spiro atoms. The van der Waals surface area contributed by atoms with E-state index in [4.69, 9.17) is 5.11 Å². The first-order valence-corrected chi connectivity index (χ1v) is 8.35. The van der Waals surface area contributed by atoms with E-state index >= 15 is 0 Å². The lowest BCUT2D eigenvalue weighted by molar-refractivity contribution is -0.133. The van der Waals surface area contributed by atoms with Crippen molar-refractivity contribution in [1.29, 1.82) is 0 Å². The molecule has 0 bridgehead atoms. The average molecular weight is 333 g/mol. The van der Waals surface area contributed by atoms with E-state index in [1.54, 1.807) is 6.07 Å². The molecule has 1 aliphatic rings. The van der Waals surface area contributed by atoms with E-state index in [9.17, 15) is 9.59 Å². The lowest BCUT2D eigenvalue weighted by atomic mass is 9.91. The summed E-state index contributed by atoms with van der Waals surface area (Å²) in [5.74, 6) is 0.166. The molecule has 1 aromatic carbocycles. The minimum Gasteiger partial charge on any atom is -0.465 e. The normalized spacial score (nSPS) is 14.8. The lowest BCUT2D eigenvalue weighted by Crippen LogP contribution is -2.36. The van der Waals surface area contributed by atoms with Crippen molar-refractivity contribution < 1.29 is 14.7 Å². The summed E-state index contributed by atoms with van der Waals surface area (Å²) in [6.07, 6.45) is -0.554. The molecule has 24 heavy (non-hydrogen) atoms. The molecule has 1 aliphatic heterocycles. The topological polar surface area (TPSA) is 72.9 Å². The van der Waals surface area contributed by atoms with Crippen molar-refractivity contribution in [1.82, 2.24) is 4.90 Å². The minimum absolute atomic E-state index is 0.0358. The molecule has 0 radical (unpaired) electrons. The van der Waals surface area contributed by atoms with E-state index in [1.165, 1.54) is 0 Å². The Morgan fingerprint density at radius 3 is 2.54 bits per heavy atom. The van der Waals surface area contributed by atoms with Crippen molar-refractivity contribution in [2.45, 2.75) is 40.7 Å². The lowest BCUT2D eigenvalue weighted by Gasteiger charge is -2.26. The summed E-state index contributed by atoms with van der Waals surface area (Å²) in [4.78, 5) is 27.5. The molecule has 1 heterocycles. The summed E-state index contributed by atoms with van der Waals surface area (Å²) in [5.41, 5.74) is 2.56. The Kier molecular flexibility index (Phi) is 5.36. The Hall–Kier alpha value is -2.24. The van der Waals surface area contributed by atoms with Crippen LogP contribution in [-0.4, -0.2) is 41.6 Å². The van der Waals surface area contributed by atoms with Gasteiger partial charge in [0, 0.05) is 44.0 Å². The van der Waals surface area contributed by atoms with Gasteiger partial charge in [-0.25, -0.2) is 4.79 Å². The van der Waals surface area contributed by atoms with E-state index in [-0.39, 0.29) is 11.3 Å². The van der Waals surface area contributed by atoms with Crippen LogP contribution in [0.1, 0.15) is 39.7 Å². The summed E-state index contributed by atoms with van der Waals surface area (Å²) < 4.78 is 0. The quantitative estimate of drug-likeness (QED) is 0.889. The number of likely N-dealkylation sites (N-methyl/N-ethyl adjacent to an activating group) is 1. The number of hydrogen-bond acceptors (Lipinski definition) is 3. The predicted octanol–water partition coefficient (Wildman–Crippen LogP) is 3.38. The van der Waals surface area contributed by atoms with Crippen LogP contribution in [0.2, 0.25) is 0 Å². The molecule has 0 saturated carbocycles. The van der Waals surface area contributed by atoms with Gasteiger partial charge in [-0.1, -0.05) is 26.8 Å². The summed E-state index contributed by atoms with van der Waals surface area (Å²) in [6.45, 7) is 11.1. The van der Waals surface area contributed by atoms with Crippen molar-refractivity contribution in [3.8, 4) is 0 Å². The van der Waals surface area contributed by atoms with Gasteiger partial charge >= 0.3 is 6.09 Å². The molecule has 6 heteroatoms. The Morgan fingerprint density at radius 2 is 1.96 bits per heavy atom. The number of carbonyl (C=O) groups is 2. The van der Waals surface area contributed by atoms with Crippen molar-refractivity contribution >= 4 is 23.4 Å². The first-order chi connectivity index (χ1) is 11.2. The van der Waals surface area contributed by atoms with Crippen LogP contribution in [0.4, 0.5) is 16.2 Å². The van der Waals surface area contributed by atoms with Gasteiger partial charge in [0.05, 0.1) is 0 Å². The van der Waals surface area contributed by atoms with Crippen LogP contribution in [0.5, 0.6) is 0 Å². The third-order valence-electron chi connectivity index (χ3n) is 4.09. The molecule has 6 nitrogen and oxygen atoms in total. The van der Waals surface area contributed by atoms with Crippen LogP contribution in [0.25, 0.3) is 0 Å². The maximum atomic E-state index is 12.6. The Morgan fingerprint density at radius 1 is 1.25 bits per heavy atom. The maximum Gasteiger partial charge on any atom is 0.409 e. The number of amides is 2. The van der Waals surface area contributed by atoms with Gasteiger partial charge in [-0.2, -0.15) is 0 Å². The fourth-order valence-electron chi connectivity index (χ4n) is 2.95. The second kappa shape index (κ2) is 7.11. The highest BCUT2D eigenvalue weighted by atomic mass is 16.4. The van der Waals surface area contributed by atoms with Gasteiger partial charge in [0.2, 0.25) is 5.91 Å². The van der Waals surface area contributed by atoms with Crippen LogP contribution < -0.4 is 10.2 Å². The molecule has 0 fully saturated rings. The zero-order chi connectivity index (χ0) is 17.9. The van der Waals surface area contributed by atoms with Crippen LogP contribution in [-0.2, 0) is 11.3 Å². The second-order valence-corrected chi connectivity index (χ2v) is 7.41. The molecule has 0 atom stereocenters. The second-order valence-electron chi connectivity index (χ2n) is 7.41. The average Bonchev–Trinajstić information content (AvgIpc) is 2.63. The van der Waals surface area contributed by atoms with Crippen LogP contribution in [0.3, 0.4) is 0 Å². The highest BCUT2D eigenvalue weighted by molar-refractivity contribution is 5.84. The summed E-state index contributed by atoms with van der Waals surface area (Å²) in [5, 5.41) is 11.3. The molecule has 1 aromatic rings. The molecule has 0 unspecified atom stereocenters. The first kappa shape index (κ1) is 18.1. The zero-order valence-electron chi connectivity index (χ0n) is 14.9. The first-order valence-electron chi connectivity index (χ1n) is 8.35. The number of nitrogens with one attached hydrogen (secondary N) is 1. The van der Waals surface area contributed by atoms with Gasteiger partial charge < -0.3 is 14.9 Å². The molecule has 0 aromatic heterocycles. The SMILES string of the molecule is CCN1CCN(C(=O)CC(C)(C)C)Cc2ccc(NC(=O)O)cc21. The van der Waals surface area contributed by atoms with Gasteiger partial charge in [0.1, 0.15) is 0 Å². The summed E-state index contributed by atoms with van der Waals surface area (Å²) >= 11 is 0. The van der Waals surface area contributed by atoms with Gasteiger partial charge in [-0.05, 0) is 30.0 Å². The monoisotopic (exact) mass is 333 g/mol. The molecule has 0 aliphatic carbocycles. The number of nitrogens with zero attached hydrogens (tertiary/aromatic N) is 2. The number of benzene rings is 1. The van der Waals surface area contributed by atoms with E-state index in [0.29, 0.717) is 25.2 Å². The van der Waals surface area contributed by atoms with Gasteiger partial charge in [0.25, 0.3) is 0 Å². The molecule has 0 saturated heterocycles. The maximum absolute atomic E-state index is 12.6. The molecule has 2 N–H and O–H groups in total. The van der Waals surface area contributed by atoms with Crippen molar-refractivity contribution in [2.75, 3.05) is 29.9 Å². The van der Waals surface area contributed by atoms with Crippen molar-refractivity contribution in [3.63, 3.8) is 0 Å².